The maximum atomic E-state index is 13.2. The molecule has 150 valence electrons. The highest BCUT2D eigenvalue weighted by molar-refractivity contribution is 6.02. The number of rotatable bonds is 4. The van der Waals surface area contributed by atoms with Gasteiger partial charge in [0.15, 0.2) is 17.3 Å². The first-order chi connectivity index (χ1) is 14.0. The van der Waals surface area contributed by atoms with Gasteiger partial charge in [-0.15, -0.1) is 0 Å². The highest BCUT2D eigenvalue weighted by Crippen LogP contribution is 2.43. The van der Waals surface area contributed by atoms with Crippen molar-refractivity contribution >= 4 is 11.7 Å². The van der Waals surface area contributed by atoms with Crippen molar-refractivity contribution < 1.29 is 19.1 Å². The Hall–Kier alpha value is -3.08. The van der Waals surface area contributed by atoms with Gasteiger partial charge >= 0.3 is 0 Å². The van der Waals surface area contributed by atoms with Crippen molar-refractivity contribution in [2.45, 2.75) is 38.0 Å². The molecule has 0 fully saturated rings. The Morgan fingerprint density at radius 1 is 0.897 bits per heavy atom. The van der Waals surface area contributed by atoms with E-state index in [1.807, 2.05) is 43.3 Å². The van der Waals surface area contributed by atoms with Gasteiger partial charge in [0.1, 0.15) is 0 Å². The number of methoxy groups -OCH3 is 2. The summed E-state index contributed by atoms with van der Waals surface area (Å²) in [5.74, 6) is 1.20. The molecule has 0 bridgehead atoms. The quantitative estimate of drug-likeness (QED) is 0.855. The monoisotopic (exact) mass is 391 g/mol. The number of Topliss-reactive ketones (excluding diaryl/α,β-unsaturated/α-hetero) is 1. The fourth-order valence-corrected chi connectivity index (χ4v) is 4.47. The van der Waals surface area contributed by atoms with Crippen molar-refractivity contribution in [2.75, 3.05) is 14.2 Å². The molecule has 0 unspecified atom stereocenters. The lowest BCUT2D eigenvalue weighted by Crippen LogP contribution is -2.38. The molecule has 29 heavy (non-hydrogen) atoms. The molecule has 1 heterocycles. The molecule has 1 N–H and O–H groups in total. The van der Waals surface area contributed by atoms with Crippen LogP contribution in [0.5, 0.6) is 11.5 Å². The number of amides is 1. The number of ether oxygens (including phenoxy) is 2. The number of nitrogens with one attached hydrogen (secondary N) is 1. The second-order valence-corrected chi connectivity index (χ2v) is 7.75. The second-order valence-electron chi connectivity index (χ2n) is 7.75. The van der Waals surface area contributed by atoms with Gasteiger partial charge in [-0.2, -0.15) is 0 Å². The van der Waals surface area contributed by atoms with E-state index in [0.29, 0.717) is 30.8 Å². The summed E-state index contributed by atoms with van der Waals surface area (Å²) in [5.41, 5.74) is 4.71. The van der Waals surface area contributed by atoms with E-state index in [9.17, 15) is 9.59 Å². The van der Waals surface area contributed by atoms with E-state index in [1.165, 1.54) is 0 Å². The minimum Gasteiger partial charge on any atom is -0.493 e. The van der Waals surface area contributed by atoms with E-state index in [2.05, 4.69) is 11.4 Å². The molecule has 4 rings (SSSR count). The first kappa shape index (κ1) is 19.2. The van der Waals surface area contributed by atoms with Crippen LogP contribution in [0.2, 0.25) is 0 Å². The third-order valence-electron chi connectivity index (χ3n) is 5.86. The summed E-state index contributed by atoms with van der Waals surface area (Å²) < 4.78 is 10.7. The van der Waals surface area contributed by atoms with E-state index >= 15 is 0 Å². The minimum atomic E-state index is -0.169. The van der Waals surface area contributed by atoms with Gasteiger partial charge in [0.05, 0.1) is 14.2 Å². The third-order valence-corrected chi connectivity index (χ3v) is 5.86. The second kappa shape index (κ2) is 7.74. The fraction of sp³-hybridized carbons (Fsp3) is 0.333. The van der Waals surface area contributed by atoms with Crippen molar-refractivity contribution in [2.24, 2.45) is 0 Å². The van der Waals surface area contributed by atoms with Gasteiger partial charge in [0.25, 0.3) is 0 Å². The lowest BCUT2D eigenvalue weighted by molar-refractivity contribution is -0.122. The molecule has 0 radical (unpaired) electrons. The number of hydrogen-bond acceptors (Lipinski definition) is 4. The van der Waals surface area contributed by atoms with E-state index in [0.717, 1.165) is 28.0 Å². The van der Waals surface area contributed by atoms with Crippen molar-refractivity contribution in [1.82, 2.24) is 5.32 Å². The maximum absolute atomic E-state index is 13.2. The molecule has 0 saturated carbocycles. The van der Waals surface area contributed by atoms with Gasteiger partial charge in [-0.05, 0) is 42.5 Å². The van der Waals surface area contributed by atoms with Crippen LogP contribution < -0.4 is 14.8 Å². The highest BCUT2D eigenvalue weighted by atomic mass is 16.5. The molecule has 2 aliphatic rings. The standard InChI is InChI=1S/C24H25NO4/c1-14-5-4-6-16(9-14)18-13-23(27)25-19-10-17(11-20(26)24(18)19)15-7-8-21(28-2)22(12-15)29-3/h4-9,12,17-18H,10-11,13H2,1-3H3,(H,25,27)/t17-,18-/m1/s1. The predicted molar refractivity (Wildman–Crippen MR) is 110 cm³/mol. The zero-order valence-electron chi connectivity index (χ0n) is 17.0. The van der Waals surface area contributed by atoms with Gasteiger partial charge < -0.3 is 14.8 Å². The molecule has 1 amide bonds. The van der Waals surface area contributed by atoms with Crippen molar-refractivity contribution in [3.63, 3.8) is 0 Å². The molecule has 1 aliphatic heterocycles. The number of carbonyl (C=O) groups excluding carboxylic acids is 2. The molecule has 2 aromatic rings. The van der Waals surface area contributed by atoms with Gasteiger partial charge in [-0.25, -0.2) is 0 Å². The van der Waals surface area contributed by atoms with E-state index < -0.39 is 0 Å². The normalized spacial score (nSPS) is 21.5. The lowest BCUT2D eigenvalue weighted by Gasteiger charge is -2.34. The van der Waals surface area contributed by atoms with Crippen LogP contribution in [0, 0.1) is 6.92 Å². The third kappa shape index (κ3) is 3.65. The molecule has 0 saturated heterocycles. The summed E-state index contributed by atoms with van der Waals surface area (Å²) in [5, 5.41) is 2.98. The molecule has 1 aliphatic carbocycles. The molecular weight excluding hydrogens is 366 g/mol. The Labute approximate surface area is 170 Å². The van der Waals surface area contributed by atoms with Crippen LogP contribution >= 0.6 is 0 Å². The van der Waals surface area contributed by atoms with Gasteiger partial charge in [0.2, 0.25) is 5.91 Å². The summed E-state index contributed by atoms with van der Waals surface area (Å²) in [7, 11) is 3.20. The Bertz CT molecular complexity index is 1010. The first-order valence-electron chi connectivity index (χ1n) is 9.84. The van der Waals surface area contributed by atoms with Gasteiger partial charge in [-0.3, -0.25) is 9.59 Å². The number of hydrogen-bond donors (Lipinski definition) is 1. The van der Waals surface area contributed by atoms with Crippen LogP contribution in [0.1, 0.15) is 47.8 Å². The number of allylic oxidation sites excluding steroid dienone is 2. The summed E-state index contributed by atoms with van der Waals surface area (Å²) in [4.78, 5) is 25.6. The highest BCUT2D eigenvalue weighted by Gasteiger charge is 2.38. The summed E-state index contributed by atoms with van der Waals surface area (Å²) in [6, 6.07) is 13.8. The van der Waals surface area contributed by atoms with Crippen molar-refractivity contribution in [3.8, 4) is 11.5 Å². The zero-order chi connectivity index (χ0) is 20.5. The lowest BCUT2D eigenvalue weighted by atomic mass is 9.73. The average molecular weight is 391 g/mol. The summed E-state index contributed by atoms with van der Waals surface area (Å²) in [6.07, 6.45) is 1.37. The van der Waals surface area contributed by atoms with Crippen LogP contribution in [0.15, 0.2) is 53.7 Å². The van der Waals surface area contributed by atoms with E-state index in [-0.39, 0.29) is 23.5 Å². The van der Waals surface area contributed by atoms with E-state index in [1.54, 1.807) is 14.2 Å². The first-order valence-corrected chi connectivity index (χ1v) is 9.84. The molecule has 5 nitrogen and oxygen atoms in total. The van der Waals surface area contributed by atoms with Crippen LogP contribution in [0.25, 0.3) is 0 Å². The Kier molecular flexibility index (Phi) is 5.14. The minimum absolute atomic E-state index is 0.00221. The fourth-order valence-electron chi connectivity index (χ4n) is 4.47. The SMILES string of the molecule is COc1ccc([C@H]2CC(=O)C3=C(C2)NC(=O)C[C@@H]3c2cccc(C)c2)cc1OC. The van der Waals surface area contributed by atoms with Crippen LogP contribution in [0.4, 0.5) is 0 Å². The van der Waals surface area contributed by atoms with Gasteiger partial charge in [-0.1, -0.05) is 35.9 Å². The molecule has 0 spiro atoms. The Morgan fingerprint density at radius 2 is 1.69 bits per heavy atom. The number of carbonyl (C=O) groups is 2. The predicted octanol–water partition coefficient (Wildman–Crippen LogP) is 4.02. The smallest absolute Gasteiger partial charge is 0.225 e. The summed E-state index contributed by atoms with van der Waals surface area (Å²) >= 11 is 0. The Morgan fingerprint density at radius 3 is 2.41 bits per heavy atom. The maximum Gasteiger partial charge on any atom is 0.225 e. The molecular formula is C24H25NO4. The number of benzene rings is 2. The number of aryl methyl sites for hydroxylation is 1. The van der Waals surface area contributed by atoms with Crippen molar-refractivity contribution in [1.29, 1.82) is 0 Å². The largest absolute Gasteiger partial charge is 0.493 e. The van der Waals surface area contributed by atoms with Gasteiger partial charge in [0, 0.05) is 30.0 Å². The molecule has 2 aromatic carbocycles. The van der Waals surface area contributed by atoms with E-state index in [4.69, 9.17) is 9.47 Å². The average Bonchev–Trinajstić information content (AvgIpc) is 2.72. The van der Waals surface area contributed by atoms with Crippen LogP contribution in [0.3, 0.4) is 0 Å². The van der Waals surface area contributed by atoms with Crippen LogP contribution in [-0.2, 0) is 9.59 Å². The topological polar surface area (TPSA) is 64.6 Å². The Balaban J connectivity index is 1.70. The van der Waals surface area contributed by atoms with Crippen LogP contribution in [-0.4, -0.2) is 25.9 Å². The molecule has 2 atom stereocenters. The summed E-state index contributed by atoms with van der Waals surface area (Å²) in [6.45, 7) is 2.03. The van der Waals surface area contributed by atoms with Crippen molar-refractivity contribution in [3.05, 3.63) is 70.4 Å². The zero-order valence-corrected chi connectivity index (χ0v) is 17.0. The number of ketones is 1. The molecule has 0 aromatic heterocycles. The molecule has 5 heteroatoms.